The molecule has 0 bridgehead atoms. The molecule has 0 atom stereocenters. The molecule has 0 aromatic heterocycles. The third kappa shape index (κ3) is 5.07. The summed E-state index contributed by atoms with van der Waals surface area (Å²) in [4.78, 5) is 12.2. The summed E-state index contributed by atoms with van der Waals surface area (Å²) >= 11 is 0. The van der Waals surface area contributed by atoms with Crippen LogP contribution in [0.15, 0.2) is 24.3 Å². The van der Waals surface area contributed by atoms with Crippen LogP contribution in [0.4, 0.5) is 0 Å². The van der Waals surface area contributed by atoms with Crippen LogP contribution in [0, 0.1) is 17.3 Å². The number of aliphatic hydroxyl groups is 1. The smallest absolute Gasteiger partial charge is 0.252 e. The number of aliphatic hydroxyl groups excluding tert-OH is 1. The lowest BCUT2D eigenvalue weighted by Crippen LogP contribution is -2.33. The molecule has 3 heteroatoms. The second-order valence-corrected chi connectivity index (χ2v) is 5.52. The minimum atomic E-state index is -0.0968. The molecular weight excluding hydrogens is 250 g/mol. The molecule has 0 saturated carbocycles. The Hall–Kier alpha value is -1.79. The zero-order chi connectivity index (χ0) is 15.0. The zero-order valence-electron chi connectivity index (χ0n) is 12.5. The maximum atomic E-state index is 12.2. The summed E-state index contributed by atoms with van der Waals surface area (Å²) in [5.41, 5.74) is 1.38. The van der Waals surface area contributed by atoms with Crippen LogP contribution < -0.4 is 5.32 Å². The standard InChI is InChI=1S/C17H23NO2/c1-4-17(2,3)13-18-16(20)15-11-6-5-9-14(15)10-7-8-12-19/h5-6,9,11,19H,4,8,12-13H2,1-3H3,(H,18,20). The SMILES string of the molecule is CCC(C)(C)CNC(=O)c1ccccc1C#CCCO. The van der Waals surface area contributed by atoms with Crippen LogP contribution in [0.5, 0.6) is 0 Å². The van der Waals surface area contributed by atoms with E-state index in [1.165, 1.54) is 0 Å². The molecule has 0 heterocycles. The van der Waals surface area contributed by atoms with E-state index in [0.717, 1.165) is 6.42 Å². The van der Waals surface area contributed by atoms with Crippen molar-refractivity contribution in [3.8, 4) is 11.8 Å². The summed E-state index contributed by atoms with van der Waals surface area (Å²) in [7, 11) is 0. The number of carbonyl (C=O) groups is 1. The fraction of sp³-hybridized carbons (Fsp3) is 0.471. The largest absolute Gasteiger partial charge is 0.395 e. The lowest BCUT2D eigenvalue weighted by atomic mass is 9.90. The molecule has 0 saturated heterocycles. The van der Waals surface area contributed by atoms with Crippen LogP contribution in [0.2, 0.25) is 0 Å². The van der Waals surface area contributed by atoms with E-state index in [9.17, 15) is 4.79 Å². The lowest BCUT2D eigenvalue weighted by molar-refractivity contribution is 0.0935. The van der Waals surface area contributed by atoms with Gasteiger partial charge in [-0.25, -0.2) is 0 Å². The topological polar surface area (TPSA) is 49.3 Å². The first-order valence-corrected chi connectivity index (χ1v) is 6.97. The molecule has 1 rings (SSSR count). The van der Waals surface area contributed by atoms with Gasteiger partial charge < -0.3 is 10.4 Å². The molecule has 0 spiro atoms. The van der Waals surface area contributed by atoms with E-state index in [0.29, 0.717) is 24.1 Å². The highest BCUT2D eigenvalue weighted by Crippen LogP contribution is 2.18. The molecule has 1 amide bonds. The van der Waals surface area contributed by atoms with Crippen molar-refractivity contribution in [2.45, 2.75) is 33.6 Å². The summed E-state index contributed by atoms with van der Waals surface area (Å²) in [6.45, 7) is 7.04. The first-order valence-electron chi connectivity index (χ1n) is 6.97. The van der Waals surface area contributed by atoms with Gasteiger partial charge in [-0.1, -0.05) is 44.7 Å². The van der Waals surface area contributed by atoms with Crippen LogP contribution in [0.25, 0.3) is 0 Å². The summed E-state index contributed by atoms with van der Waals surface area (Å²) in [5, 5.41) is 11.7. The molecule has 0 aliphatic carbocycles. The van der Waals surface area contributed by atoms with E-state index in [2.05, 4.69) is 37.9 Å². The Morgan fingerprint density at radius 3 is 2.70 bits per heavy atom. The van der Waals surface area contributed by atoms with Gasteiger partial charge in [-0.2, -0.15) is 0 Å². The maximum absolute atomic E-state index is 12.2. The molecule has 0 aliphatic heterocycles. The van der Waals surface area contributed by atoms with Crippen LogP contribution in [-0.4, -0.2) is 24.2 Å². The Labute approximate surface area is 121 Å². The molecule has 0 radical (unpaired) electrons. The molecule has 0 unspecified atom stereocenters. The van der Waals surface area contributed by atoms with Crippen molar-refractivity contribution >= 4 is 5.91 Å². The Morgan fingerprint density at radius 2 is 2.05 bits per heavy atom. The van der Waals surface area contributed by atoms with Gasteiger partial charge in [0.05, 0.1) is 12.2 Å². The summed E-state index contributed by atoms with van der Waals surface area (Å²) in [6.07, 6.45) is 1.42. The minimum Gasteiger partial charge on any atom is -0.395 e. The van der Waals surface area contributed by atoms with Gasteiger partial charge in [-0.05, 0) is 24.0 Å². The molecule has 0 fully saturated rings. The minimum absolute atomic E-state index is 0.0338. The van der Waals surface area contributed by atoms with Gasteiger partial charge >= 0.3 is 0 Å². The first kappa shape index (κ1) is 16.3. The molecule has 1 aromatic rings. The molecule has 0 aliphatic rings. The monoisotopic (exact) mass is 273 g/mol. The van der Waals surface area contributed by atoms with E-state index in [-0.39, 0.29) is 17.9 Å². The first-order chi connectivity index (χ1) is 9.50. The Morgan fingerprint density at radius 1 is 1.35 bits per heavy atom. The number of carbonyl (C=O) groups excluding carboxylic acids is 1. The van der Waals surface area contributed by atoms with Crippen molar-refractivity contribution in [3.63, 3.8) is 0 Å². The highest BCUT2D eigenvalue weighted by atomic mass is 16.2. The third-order valence-electron chi connectivity index (χ3n) is 3.32. The molecule has 108 valence electrons. The van der Waals surface area contributed by atoms with Crippen molar-refractivity contribution in [2.24, 2.45) is 5.41 Å². The highest BCUT2D eigenvalue weighted by molar-refractivity contribution is 5.96. The Balaban J connectivity index is 2.81. The fourth-order valence-corrected chi connectivity index (χ4v) is 1.54. The van der Waals surface area contributed by atoms with E-state index < -0.39 is 0 Å². The Bertz CT molecular complexity index is 509. The van der Waals surface area contributed by atoms with Crippen molar-refractivity contribution in [1.29, 1.82) is 0 Å². The summed E-state index contributed by atoms with van der Waals surface area (Å²) < 4.78 is 0. The van der Waals surface area contributed by atoms with Gasteiger partial charge in [0, 0.05) is 18.5 Å². The van der Waals surface area contributed by atoms with E-state index in [4.69, 9.17) is 5.11 Å². The molecular formula is C17H23NO2. The predicted octanol–water partition coefficient (Wildman–Crippen LogP) is 2.59. The van der Waals surface area contributed by atoms with Crippen LogP contribution in [0.1, 0.15) is 49.5 Å². The summed E-state index contributed by atoms with van der Waals surface area (Å²) in [6, 6.07) is 7.29. The van der Waals surface area contributed by atoms with Crippen LogP contribution in [0.3, 0.4) is 0 Å². The maximum Gasteiger partial charge on any atom is 0.252 e. The lowest BCUT2D eigenvalue weighted by Gasteiger charge is -2.23. The van der Waals surface area contributed by atoms with Crippen molar-refractivity contribution in [1.82, 2.24) is 5.32 Å². The van der Waals surface area contributed by atoms with Gasteiger partial charge in [-0.15, -0.1) is 0 Å². The number of rotatable bonds is 5. The van der Waals surface area contributed by atoms with Crippen molar-refractivity contribution < 1.29 is 9.90 Å². The molecule has 1 aromatic carbocycles. The normalized spacial score (nSPS) is 10.6. The summed E-state index contributed by atoms with van der Waals surface area (Å²) in [5.74, 6) is 5.69. The van der Waals surface area contributed by atoms with Gasteiger partial charge in [0.1, 0.15) is 0 Å². The predicted molar refractivity (Wildman–Crippen MR) is 81.4 cm³/mol. The van der Waals surface area contributed by atoms with Crippen molar-refractivity contribution in [3.05, 3.63) is 35.4 Å². The molecule has 20 heavy (non-hydrogen) atoms. The number of hydrogen-bond acceptors (Lipinski definition) is 2. The zero-order valence-corrected chi connectivity index (χ0v) is 12.5. The third-order valence-corrected chi connectivity index (χ3v) is 3.32. The number of nitrogens with one attached hydrogen (secondary N) is 1. The van der Waals surface area contributed by atoms with Gasteiger partial charge in [0.15, 0.2) is 0 Å². The van der Waals surface area contributed by atoms with Crippen LogP contribution >= 0.6 is 0 Å². The number of benzene rings is 1. The average molecular weight is 273 g/mol. The number of amides is 1. The van der Waals surface area contributed by atoms with Gasteiger partial charge in [0.2, 0.25) is 0 Å². The van der Waals surface area contributed by atoms with Crippen molar-refractivity contribution in [2.75, 3.05) is 13.2 Å². The van der Waals surface area contributed by atoms with Gasteiger partial charge in [-0.3, -0.25) is 4.79 Å². The fourth-order valence-electron chi connectivity index (χ4n) is 1.54. The van der Waals surface area contributed by atoms with E-state index >= 15 is 0 Å². The highest BCUT2D eigenvalue weighted by Gasteiger charge is 2.17. The second kappa shape index (κ2) is 7.72. The van der Waals surface area contributed by atoms with E-state index in [1.807, 2.05) is 18.2 Å². The average Bonchev–Trinajstić information content (AvgIpc) is 2.46. The Kier molecular flexibility index (Phi) is 6.27. The second-order valence-electron chi connectivity index (χ2n) is 5.52. The van der Waals surface area contributed by atoms with E-state index in [1.54, 1.807) is 6.07 Å². The van der Waals surface area contributed by atoms with Gasteiger partial charge in [0.25, 0.3) is 5.91 Å². The quantitative estimate of drug-likeness (QED) is 0.810. The van der Waals surface area contributed by atoms with Crippen LogP contribution in [-0.2, 0) is 0 Å². The molecule has 2 N–H and O–H groups in total. The molecule has 3 nitrogen and oxygen atoms in total. The number of hydrogen-bond donors (Lipinski definition) is 2.